The van der Waals surface area contributed by atoms with Crippen molar-refractivity contribution in [2.75, 3.05) is 18.0 Å². The van der Waals surface area contributed by atoms with Crippen LogP contribution in [0.2, 0.25) is 0 Å². The van der Waals surface area contributed by atoms with Crippen LogP contribution in [0.4, 0.5) is 21.5 Å². The fourth-order valence-corrected chi connectivity index (χ4v) is 4.93. The highest BCUT2D eigenvalue weighted by molar-refractivity contribution is 6.21. The van der Waals surface area contributed by atoms with Crippen LogP contribution in [0.25, 0.3) is 0 Å². The predicted octanol–water partition coefficient (Wildman–Crippen LogP) is 6.13. The first-order valence-corrected chi connectivity index (χ1v) is 11.9. The summed E-state index contributed by atoms with van der Waals surface area (Å²) in [7, 11) is 0. The van der Waals surface area contributed by atoms with Gasteiger partial charge in [-0.15, -0.1) is 0 Å². The Kier molecular flexibility index (Phi) is 5.41. The first kappa shape index (κ1) is 21.9. The summed E-state index contributed by atoms with van der Waals surface area (Å²) in [5.41, 5.74) is 5.83. The number of nitrogens with zero attached hydrogens (tertiary/aromatic N) is 3. The molecule has 0 aliphatic carbocycles. The monoisotopic (exact) mass is 475 g/mol. The van der Waals surface area contributed by atoms with Gasteiger partial charge in [-0.1, -0.05) is 54.6 Å². The number of imide groups is 1. The standard InChI is InChI=1S/C30H22FN3O2/c31-21-10-7-9-20(19-21)28-24-13-3-5-15-26(24)33(27-16-6-4-14-25(27)32-28)17-8-18-34-29(35)22-11-1-2-12-23(22)30(34)36/h1-7,9-16,19H,8,17-18H2. The molecule has 5 nitrogen and oxygen atoms in total. The van der Waals surface area contributed by atoms with E-state index in [-0.39, 0.29) is 17.6 Å². The molecule has 0 unspecified atom stereocenters. The topological polar surface area (TPSA) is 53.0 Å². The van der Waals surface area contributed by atoms with Crippen molar-refractivity contribution in [1.82, 2.24) is 4.90 Å². The van der Waals surface area contributed by atoms with Crippen molar-refractivity contribution in [1.29, 1.82) is 0 Å². The van der Waals surface area contributed by atoms with Crippen molar-refractivity contribution in [3.8, 4) is 0 Å². The minimum Gasteiger partial charge on any atom is -0.339 e. The summed E-state index contributed by atoms with van der Waals surface area (Å²) in [5, 5.41) is 0. The van der Waals surface area contributed by atoms with Crippen LogP contribution < -0.4 is 4.90 Å². The molecular formula is C30H22FN3O2. The summed E-state index contributed by atoms with van der Waals surface area (Å²) in [6, 6.07) is 29.2. The van der Waals surface area contributed by atoms with E-state index in [0.717, 1.165) is 22.6 Å². The second kappa shape index (κ2) is 8.89. The molecule has 2 aliphatic rings. The van der Waals surface area contributed by atoms with E-state index in [1.165, 1.54) is 17.0 Å². The molecule has 0 N–H and O–H groups in total. The largest absolute Gasteiger partial charge is 0.339 e. The van der Waals surface area contributed by atoms with Gasteiger partial charge >= 0.3 is 0 Å². The molecule has 36 heavy (non-hydrogen) atoms. The van der Waals surface area contributed by atoms with Crippen molar-refractivity contribution < 1.29 is 14.0 Å². The summed E-state index contributed by atoms with van der Waals surface area (Å²) in [6.07, 6.45) is 0.573. The van der Waals surface area contributed by atoms with Gasteiger partial charge < -0.3 is 4.90 Å². The van der Waals surface area contributed by atoms with Gasteiger partial charge in [0, 0.05) is 24.2 Å². The second-order valence-corrected chi connectivity index (χ2v) is 8.79. The summed E-state index contributed by atoms with van der Waals surface area (Å²) in [6.45, 7) is 0.873. The average Bonchev–Trinajstić information content (AvgIpc) is 3.06. The van der Waals surface area contributed by atoms with Gasteiger partial charge in [0.1, 0.15) is 5.82 Å². The quantitative estimate of drug-likeness (QED) is 0.326. The average molecular weight is 476 g/mol. The first-order chi connectivity index (χ1) is 17.6. The molecule has 0 atom stereocenters. The lowest BCUT2D eigenvalue weighted by Gasteiger charge is -2.27. The molecule has 0 bridgehead atoms. The van der Waals surface area contributed by atoms with Crippen LogP contribution in [0.5, 0.6) is 0 Å². The van der Waals surface area contributed by atoms with E-state index >= 15 is 0 Å². The molecule has 2 amide bonds. The van der Waals surface area contributed by atoms with E-state index in [9.17, 15) is 14.0 Å². The number of rotatable bonds is 5. The van der Waals surface area contributed by atoms with Gasteiger partial charge in [0.25, 0.3) is 11.8 Å². The third kappa shape index (κ3) is 3.67. The van der Waals surface area contributed by atoms with Gasteiger partial charge in [0.05, 0.1) is 33.9 Å². The van der Waals surface area contributed by atoms with Crippen LogP contribution in [-0.4, -0.2) is 35.5 Å². The number of para-hydroxylation sites is 3. The third-order valence-corrected chi connectivity index (χ3v) is 6.59. The van der Waals surface area contributed by atoms with Crippen molar-refractivity contribution in [2.24, 2.45) is 4.99 Å². The Bertz CT molecular complexity index is 1510. The number of carbonyl (C=O) groups excluding carboxylic acids is 2. The third-order valence-electron chi connectivity index (χ3n) is 6.59. The second-order valence-electron chi connectivity index (χ2n) is 8.79. The maximum Gasteiger partial charge on any atom is 0.261 e. The molecule has 4 aromatic carbocycles. The first-order valence-electron chi connectivity index (χ1n) is 11.9. The fourth-order valence-electron chi connectivity index (χ4n) is 4.93. The van der Waals surface area contributed by atoms with Gasteiger partial charge in [-0.05, 0) is 48.9 Å². The highest BCUT2D eigenvalue weighted by Gasteiger charge is 2.34. The Morgan fingerprint density at radius 3 is 1.97 bits per heavy atom. The zero-order chi connectivity index (χ0) is 24.6. The van der Waals surface area contributed by atoms with E-state index < -0.39 is 0 Å². The maximum absolute atomic E-state index is 14.1. The van der Waals surface area contributed by atoms with Crippen molar-refractivity contribution >= 4 is 34.6 Å². The molecule has 0 fully saturated rings. The van der Waals surface area contributed by atoms with Crippen LogP contribution >= 0.6 is 0 Å². The number of hydrogen-bond acceptors (Lipinski definition) is 4. The highest BCUT2D eigenvalue weighted by atomic mass is 19.1. The number of hydrogen-bond donors (Lipinski definition) is 0. The zero-order valence-corrected chi connectivity index (χ0v) is 19.4. The Hall–Kier alpha value is -4.58. The van der Waals surface area contributed by atoms with Gasteiger partial charge in [-0.3, -0.25) is 14.5 Å². The van der Waals surface area contributed by atoms with E-state index in [1.54, 1.807) is 30.3 Å². The van der Waals surface area contributed by atoms with Crippen LogP contribution in [0, 0.1) is 5.82 Å². The van der Waals surface area contributed by atoms with Crippen LogP contribution in [0.1, 0.15) is 38.3 Å². The van der Waals surface area contributed by atoms with Crippen LogP contribution in [0.15, 0.2) is 102 Å². The maximum atomic E-state index is 14.1. The van der Waals surface area contributed by atoms with Crippen LogP contribution in [0.3, 0.4) is 0 Å². The highest BCUT2D eigenvalue weighted by Crippen LogP contribution is 2.40. The summed E-state index contributed by atoms with van der Waals surface area (Å²) in [5.74, 6) is -0.809. The number of amides is 2. The molecule has 6 rings (SSSR count). The lowest BCUT2D eigenvalue weighted by molar-refractivity contribution is 0.0653. The lowest BCUT2D eigenvalue weighted by Crippen LogP contribution is -2.33. The number of aliphatic imine (C=N–C) groups is 1. The molecule has 176 valence electrons. The van der Waals surface area contributed by atoms with Crippen molar-refractivity contribution in [3.63, 3.8) is 0 Å². The molecule has 2 aliphatic heterocycles. The number of halogens is 1. The zero-order valence-electron chi connectivity index (χ0n) is 19.4. The molecule has 0 spiro atoms. The fraction of sp³-hybridized carbons (Fsp3) is 0.100. The molecular weight excluding hydrogens is 453 g/mol. The van der Waals surface area contributed by atoms with E-state index in [0.29, 0.717) is 41.9 Å². The summed E-state index contributed by atoms with van der Waals surface area (Å²) < 4.78 is 14.1. The SMILES string of the molecule is O=C1c2ccccc2C(=O)N1CCCN1c2ccccc2N=C(c2cccc(F)c2)c2ccccc21. The molecule has 0 radical (unpaired) electrons. The minimum absolute atomic E-state index is 0.246. The number of benzene rings is 4. The van der Waals surface area contributed by atoms with E-state index in [2.05, 4.69) is 4.90 Å². The number of carbonyl (C=O) groups is 2. The molecule has 0 saturated heterocycles. The van der Waals surface area contributed by atoms with Gasteiger partial charge in [-0.2, -0.15) is 0 Å². The van der Waals surface area contributed by atoms with Crippen molar-refractivity contribution in [3.05, 3.63) is 125 Å². The minimum atomic E-state index is -0.317. The van der Waals surface area contributed by atoms with Gasteiger partial charge in [0.2, 0.25) is 0 Å². The lowest BCUT2D eigenvalue weighted by atomic mass is 10.00. The number of fused-ring (bicyclic) bond motifs is 3. The van der Waals surface area contributed by atoms with Gasteiger partial charge in [-0.25, -0.2) is 9.38 Å². The molecule has 6 heteroatoms. The predicted molar refractivity (Wildman–Crippen MR) is 138 cm³/mol. The summed E-state index contributed by atoms with van der Waals surface area (Å²) in [4.78, 5) is 34.1. The molecule has 2 heterocycles. The number of anilines is 2. The smallest absolute Gasteiger partial charge is 0.261 e. The van der Waals surface area contributed by atoms with E-state index in [4.69, 9.17) is 4.99 Å². The summed E-state index contributed by atoms with van der Waals surface area (Å²) >= 11 is 0. The van der Waals surface area contributed by atoms with Crippen LogP contribution in [-0.2, 0) is 0 Å². The molecule has 0 saturated carbocycles. The Balaban J connectivity index is 1.34. The Labute approximate surface area is 208 Å². The molecule has 4 aromatic rings. The normalized spacial score (nSPS) is 14.2. The Morgan fingerprint density at radius 2 is 1.25 bits per heavy atom. The Morgan fingerprint density at radius 1 is 0.639 bits per heavy atom. The molecule has 0 aromatic heterocycles. The van der Waals surface area contributed by atoms with Gasteiger partial charge in [0.15, 0.2) is 0 Å². The van der Waals surface area contributed by atoms with Crippen molar-refractivity contribution in [2.45, 2.75) is 6.42 Å². The van der Waals surface area contributed by atoms with E-state index in [1.807, 2.05) is 54.6 Å².